The maximum Gasteiger partial charge on any atom is 0.224 e. The fraction of sp³-hybridized carbons (Fsp3) is 0.316. The standard InChI is InChI=1S/C19H21NO3/c1-22-17-8-6-14(7-9-17)10-19(21)20-12-18-11-15-4-2-3-5-16(15)13-23-18/h2-9,18H,10-13H2,1H3,(H,20,21)/t18-/m0/s1. The second-order valence-electron chi connectivity index (χ2n) is 5.73. The molecule has 0 unspecified atom stereocenters. The second-order valence-corrected chi connectivity index (χ2v) is 5.73. The molecule has 4 nitrogen and oxygen atoms in total. The van der Waals surface area contributed by atoms with Gasteiger partial charge in [-0.25, -0.2) is 0 Å². The van der Waals surface area contributed by atoms with Gasteiger partial charge >= 0.3 is 0 Å². The lowest BCUT2D eigenvalue weighted by Crippen LogP contribution is -2.37. The summed E-state index contributed by atoms with van der Waals surface area (Å²) in [5, 5.41) is 2.97. The van der Waals surface area contributed by atoms with Gasteiger partial charge < -0.3 is 14.8 Å². The van der Waals surface area contributed by atoms with Crippen molar-refractivity contribution < 1.29 is 14.3 Å². The molecule has 1 aliphatic heterocycles. The first kappa shape index (κ1) is 15.6. The van der Waals surface area contributed by atoms with E-state index in [4.69, 9.17) is 9.47 Å². The summed E-state index contributed by atoms with van der Waals surface area (Å²) in [6.45, 7) is 1.17. The molecule has 0 aromatic heterocycles. The highest BCUT2D eigenvalue weighted by molar-refractivity contribution is 5.78. The number of hydrogen-bond acceptors (Lipinski definition) is 3. The summed E-state index contributed by atoms with van der Waals surface area (Å²) in [5.41, 5.74) is 3.53. The second kappa shape index (κ2) is 7.29. The molecule has 1 atom stereocenters. The number of ether oxygens (including phenoxy) is 2. The van der Waals surface area contributed by atoms with Crippen molar-refractivity contribution in [2.24, 2.45) is 0 Å². The quantitative estimate of drug-likeness (QED) is 0.923. The fourth-order valence-electron chi connectivity index (χ4n) is 2.76. The average Bonchev–Trinajstić information content (AvgIpc) is 2.60. The molecule has 0 fully saturated rings. The Morgan fingerprint density at radius 3 is 2.65 bits per heavy atom. The Kier molecular flexibility index (Phi) is 4.93. The Morgan fingerprint density at radius 2 is 1.91 bits per heavy atom. The van der Waals surface area contributed by atoms with Crippen LogP contribution in [-0.4, -0.2) is 25.7 Å². The molecule has 1 amide bonds. The van der Waals surface area contributed by atoms with Gasteiger partial charge in [0, 0.05) is 13.0 Å². The van der Waals surface area contributed by atoms with Gasteiger partial charge in [-0.1, -0.05) is 36.4 Å². The lowest BCUT2D eigenvalue weighted by Gasteiger charge is -2.25. The largest absolute Gasteiger partial charge is 0.497 e. The zero-order valence-corrected chi connectivity index (χ0v) is 13.2. The van der Waals surface area contributed by atoms with Crippen LogP contribution >= 0.6 is 0 Å². The van der Waals surface area contributed by atoms with Crippen molar-refractivity contribution in [2.45, 2.75) is 25.6 Å². The molecule has 2 aromatic carbocycles. The summed E-state index contributed by atoms with van der Waals surface area (Å²) in [7, 11) is 1.63. The highest BCUT2D eigenvalue weighted by atomic mass is 16.5. The highest BCUT2D eigenvalue weighted by Crippen LogP contribution is 2.19. The van der Waals surface area contributed by atoms with Crippen LogP contribution in [0.4, 0.5) is 0 Å². The molecule has 0 spiro atoms. The first-order valence-corrected chi connectivity index (χ1v) is 7.82. The first-order valence-electron chi connectivity index (χ1n) is 7.82. The number of fused-ring (bicyclic) bond motifs is 1. The molecule has 1 N–H and O–H groups in total. The normalized spacial score (nSPS) is 16.5. The first-order chi connectivity index (χ1) is 11.2. The minimum atomic E-state index is 0.0117. The van der Waals surface area contributed by atoms with Gasteiger partial charge in [0.1, 0.15) is 5.75 Å². The van der Waals surface area contributed by atoms with E-state index in [1.54, 1.807) is 7.11 Å². The van der Waals surface area contributed by atoms with Crippen LogP contribution in [-0.2, 0) is 29.0 Å². The van der Waals surface area contributed by atoms with Gasteiger partial charge in [0.2, 0.25) is 5.91 Å². The molecular weight excluding hydrogens is 290 g/mol. The summed E-state index contributed by atoms with van der Waals surface area (Å²) in [5.74, 6) is 0.807. The van der Waals surface area contributed by atoms with Gasteiger partial charge in [0.25, 0.3) is 0 Å². The number of carbonyl (C=O) groups excluding carboxylic acids is 1. The predicted octanol–water partition coefficient (Wildman–Crippen LogP) is 2.50. The molecule has 120 valence electrons. The van der Waals surface area contributed by atoms with Crippen LogP contribution in [0.2, 0.25) is 0 Å². The SMILES string of the molecule is COc1ccc(CC(=O)NC[C@@H]2Cc3ccccc3CO2)cc1. The van der Waals surface area contributed by atoms with Crippen molar-refractivity contribution in [2.75, 3.05) is 13.7 Å². The number of hydrogen-bond donors (Lipinski definition) is 1. The number of rotatable bonds is 5. The lowest BCUT2D eigenvalue weighted by atomic mass is 9.99. The van der Waals surface area contributed by atoms with Gasteiger partial charge in [-0.05, 0) is 28.8 Å². The Balaban J connectivity index is 1.47. The minimum absolute atomic E-state index is 0.0117. The van der Waals surface area contributed by atoms with E-state index in [1.165, 1.54) is 11.1 Å². The van der Waals surface area contributed by atoms with Crippen LogP contribution in [0.15, 0.2) is 48.5 Å². The van der Waals surface area contributed by atoms with Crippen molar-refractivity contribution in [3.8, 4) is 5.75 Å². The van der Waals surface area contributed by atoms with Crippen molar-refractivity contribution in [1.29, 1.82) is 0 Å². The average molecular weight is 311 g/mol. The Morgan fingerprint density at radius 1 is 1.17 bits per heavy atom. The van der Waals surface area contributed by atoms with Crippen LogP contribution in [0.25, 0.3) is 0 Å². The van der Waals surface area contributed by atoms with E-state index < -0.39 is 0 Å². The lowest BCUT2D eigenvalue weighted by molar-refractivity contribution is -0.121. The number of benzene rings is 2. The summed E-state index contributed by atoms with van der Waals surface area (Å²) in [6, 6.07) is 15.8. The van der Waals surface area contributed by atoms with Gasteiger partial charge in [0.05, 0.1) is 26.2 Å². The molecule has 1 aliphatic rings. The monoisotopic (exact) mass is 311 g/mol. The Labute approximate surface area is 136 Å². The van der Waals surface area contributed by atoms with Crippen LogP contribution in [0, 0.1) is 0 Å². The molecule has 3 rings (SSSR count). The molecule has 0 bridgehead atoms. The summed E-state index contributed by atoms with van der Waals surface area (Å²) in [6.07, 6.45) is 1.26. The maximum absolute atomic E-state index is 12.1. The number of amides is 1. The molecule has 1 heterocycles. The Hall–Kier alpha value is -2.33. The van der Waals surface area contributed by atoms with E-state index in [1.807, 2.05) is 36.4 Å². The van der Waals surface area contributed by atoms with E-state index in [-0.39, 0.29) is 12.0 Å². The van der Waals surface area contributed by atoms with Crippen molar-refractivity contribution in [3.05, 3.63) is 65.2 Å². The third kappa shape index (κ3) is 4.11. The van der Waals surface area contributed by atoms with Gasteiger partial charge in [-0.15, -0.1) is 0 Å². The summed E-state index contributed by atoms with van der Waals surface area (Å²) >= 11 is 0. The zero-order chi connectivity index (χ0) is 16.1. The van der Waals surface area contributed by atoms with E-state index in [0.717, 1.165) is 17.7 Å². The molecule has 0 radical (unpaired) electrons. The third-order valence-corrected chi connectivity index (χ3v) is 4.09. The molecular formula is C19H21NO3. The molecule has 0 saturated carbocycles. The van der Waals surface area contributed by atoms with Crippen LogP contribution in [0.5, 0.6) is 5.75 Å². The zero-order valence-electron chi connectivity index (χ0n) is 13.2. The molecule has 23 heavy (non-hydrogen) atoms. The van der Waals surface area contributed by atoms with Crippen LogP contribution < -0.4 is 10.1 Å². The van der Waals surface area contributed by atoms with Crippen LogP contribution in [0.3, 0.4) is 0 Å². The fourth-order valence-corrected chi connectivity index (χ4v) is 2.76. The predicted molar refractivity (Wildman–Crippen MR) is 88.4 cm³/mol. The van der Waals surface area contributed by atoms with Crippen molar-refractivity contribution >= 4 is 5.91 Å². The summed E-state index contributed by atoms with van der Waals surface area (Å²) in [4.78, 5) is 12.1. The van der Waals surface area contributed by atoms with Gasteiger partial charge in [-0.3, -0.25) is 4.79 Å². The van der Waals surface area contributed by atoms with Gasteiger partial charge in [0.15, 0.2) is 0 Å². The van der Waals surface area contributed by atoms with Crippen LogP contribution in [0.1, 0.15) is 16.7 Å². The van der Waals surface area contributed by atoms with Gasteiger partial charge in [-0.2, -0.15) is 0 Å². The molecule has 0 aliphatic carbocycles. The molecule has 2 aromatic rings. The summed E-state index contributed by atoms with van der Waals surface area (Å²) < 4.78 is 10.9. The van der Waals surface area contributed by atoms with E-state index in [9.17, 15) is 4.79 Å². The number of methoxy groups -OCH3 is 1. The highest BCUT2D eigenvalue weighted by Gasteiger charge is 2.19. The van der Waals surface area contributed by atoms with E-state index in [0.29, 0.717) is 19.6 Å². The Bertz CT molecular complexity index is 667. The van der Waals surface area contributed by atoms with Crippen molar-refractivity contribution in [3.63, 3.8) is 0 Å². The topological polar surface area (TPSA) is 47.6 Å². The molecule has 0 saturated heterocycles. The molecule has 4 heteroatoms. The number of carbonyl (C=O) groups is 1. The maximum atomic E-state index is 12.1. The van der Waals surface area contributed by atoms with Crippen molar-refractivity contribution in [1.82, 2.24) is 5.32 Å². The smallest absolute Gasteiger partial charge is 0.224 e. The van der Waals surface area contributed by atoms with E-state index >= 15 is 0 Å². The van der Waals surface area contributed by atoms with E-state index in [2.05, 4.69) is 17.4 Å². The third-order valence-electron chi connectivity index (χ3n) is 4.09. The number of nitrogens with one attached hydrogen (secondary N) is 1. The minimum Gasteiger partial charge on any atom is -0.497 e.